The SMILES string of the molecule is CCCCCCCc1ccc(-c2ccc(-c3cc(F)c(C#N)c(F)c3)cc2)cc1. The zero-order valence-corrected chi connectivity index (χ0v) is 16.7. The van der Waals surface area contributed by atoms with E-state index in [4.69, 9.17) is 5.26 Å². The molecule has 3 aromatic rings. The van der Waals surface area contributed by atoms with Crippen LogP contribution in [-0.4, -0.2) is 0 Å². The van der Waals surface area contributed by atoms with Crippen LogP contribution in [0, 0.1) is 23.0 Å². The summed E-state index contributed by atoms with van der Waals surface area (Å²) >= 11 is 0. The second-order valence-electron chi connectivity index (χ2n) is 7.37. The van der Waals surface area contributed by atoms with E-state index in [1.165, 1.54) is 49.8 Å². The highest BCUT2D eigenvalue weighted by atomic mass is 19.1. The molecule has 0 fully saturated rings. The van der Waals surface area contributed by atoms with E-state index in [1.54, 1.807) is 6.07 Å². The van der Waals surface area contributed by atoms with Gasteiger partial charge in [0.25, 0.3) is 0 Å². The minimum Gasteiger partial charge on any atom is -0.205 e. The molecule has 0 saturated heterocycles. The Morgan fingerprint density at radius 1 is 0.690 bits per heavy atom. The summed E-state index contributed by atoms with van der Waals surface area (Å²) in [4.78, 5) is 0. The number of nitrogens with zero attached hydrogens (tertiary/aromatic N) is 1. The fourth-order valence-electron chi connectivity index (χ4n) is 3.50. The quantitative estimate of drug-likeness (QED) is 0.362. The van der Waals surface area contributed by atoms with Gasteiger partial charge < -0.3 is 0 Å². The van der Waals surface area contributed by atoms with Crippen molar-refractivity contribution in [3.8, 4) is 28.3 Å². The molecule has 0 saturated carbocycles. The Bertz CT molecular complexity index is 960. The second kappa shape index (κ2) is 9.98. The van der Waals surface area contributed by atoms with Gasteiger partial charge in [-0.05, 0) is 52.8 Å². The van der Waals surface area contributed by atoms with E-state index >= 15 is 0 Å². The molecule has 0 aliphatic heterocycles. The summed E-state index contributed by atoms with van der Waals surface area (Å²) in [5, 5.41) is 8.79. The summed E-state index contributed by atoms with van der Waals surface area (Å²) in [5.74, 6) is -1.67. The van der Waals surface area contributed by atoms with E-state index < -0.39 is 17.2 Å². The molecule has 0 amide bonds. The lowest BCUT2D eigenvalue weighted by atomic mass is 9.98. The highest BCUT2D eigenvalue weighted by molar-refractivity contribution is 5.71. The van der Waals surface area contributed by atoms with Gasteiger partial charge in [0.1, 0.15) is 23.3 Å². The van der Waals surface area contributed by atoms with Crippen molar-refractivity contribution in [2.75, 3.05) is 0 Å². The number of benzene rings is 3. The zero-order chi connectivity index (χ0) is 20.6. The minimum absolute atomic E-state index is 0.420. The van der Waals surface area contributed by atoms with Crippen molar-refractivity contribution in [1.82, 2.24) is 0 Å². The molecule has 0 N–H and O–H groups in total. The van der Waals surface area contributed by atoms with Crippen molar-refractivity contribution in [1.29, 1.82) is 5.26 Å². The van der Waals surface area contributed by atoms with Crippen LogP contribution in [0.5, 0.6) is 0 Å². The molecule has 3 rings (SSSR count). The van der Waals surface area contributed by atoms with Crippen LogP contribution in [-0.2, 0) is 6.42 Å². The molecule has 3 aromatic carbocycles. The van der Waals surface area contributed by atoms with Crippen LogP contribution < -0.4 is 0 Å². The molecule has 0 spiro atoms. The van der Waals surface area contributed by atoms with Gasteiger partial charge in [-0.2, -0.15) is 5.26 Å². The minimum atomic E-state index is -0.836. The third kappa shape index (κ3) is 5.29. The lowest BCUT2D eigenvalue weighted by Crippen LogP contribution is -1.92. The number of nitriles is 1. The van der Waals surface area contributed by atoms with Crippen molar-refractivity contribution >= 4 is 0 Å². The molecule has 0 aliphatic rings. The first-order valence-corrected chi connectivity index (χ1v) is 10.2. The van der Waals surface area contributed by atoms with Crippen molar-refractivity contribution < 1.29 is 8.78 Å². The van der Waals surface area contributed by atoms with Gasteiger partial charge in [0.15, 0.2) is 0 Å². The van der Waals surface area contributed by atoms with Crippen molar-refractivity contribution in [3.05, 3.63) is 83.4 Å². The van der Waals surface area contributed by atoms with Crippen LogP contribution in [0.2, 0.25) is 0 Å². The molecule has 0 heterocycles. The Morgan fingerprint density at radius 3 is 1.69 bits per heavy atom. The van der Waals surface area contributed by atoms with E-state index in [0.717, 1.165) is 17.5 Å². The van der Waals surface area contributed by atoms with Crippen LogP contribution in [0.4, 0.5) is 8.78 Å². The normalized spacial score (nSPS) is 10.7. The van der Waals surface area contributed by atoms with Gasteiger partial charge >= 0.3 is 0 Å². The van der Waals surface area contributed by atoms with Crippen LogP contribution in [0.1, 0.15) is 50.2 Å². The molecule has 0 unspecified atom stereocenters. The van der Waals surface area contributed by atoms with Gasteiger partial charge in [0.2, 0.25) is 0 Å². The molecule has 1 nitrogen and oxygen atoms in total. The number of aryl methyl sites for hydroxylation is 1. The molecule has 0 radical (unpaired) electrons. The maximum absolute atomic E-state index is 13.9. The highest BCUT2D eigenvalue weighted by Gasteiger charge is 2.11. The fourth-order valence-corrected chi connectivity index (χ4v) is 3.50. The molecule has 0 aliphatic carbocycles. The van der Waals surface area contributed by atoms with E-state index in [2.05, 4.69) is 31.2 Å². The molecular formula is C26H25F2N. The predicted octanol–water partition coefficient (Wildman–Crippen LogP) is 7.68. The average molecular weight is 389 g/mol. The van der Waals surface area contributed by atoms with Gasteiger partial charge in [-0.1, -0.05) is 81.1 Å². The second-order valence-corrected chi connectivity index (χ2v) is 7.37. The summed E-state index contributed by atoms with van der Waals surface area (Å²) in [6.07, 6.45) is 7.52. The first kappa shape index (κ1) is 20.7. The largest absolute Gasteiger partial charge is 0.205 e. The van der Waals surface area contributed by atoms with E-state index in [9.17, 15) is 8.78 Å². The first-order valence-electron chi connectivity index (χ1n) is 10.2. The van der Waals surface area contributed by atoms with E-state index in [1.807, 2.05) is 24.3 Å². The number of halogens is 2. The standard InChI is InChI=1S/C26H25F2N/c1-2-3-4-5-6-7-19-8-10-20(11-9-19)21-12-14-22(15-13-21)23-16-25(27)24(18-29)26(28)17-23/h8-17H,2-7H2,1H3. The molecular weight excluding hydrogens is 364 g/mol. The molecule has 3 heteroatoms. The third-order valence-corrected chi connectivity index (χ3v) is 5.23. The average Bonchev–Trinajstić information content (AvgIpc) is 2.74. The molecule has 0 aromatic heterocycles. The van der Waals surface area contributed by atoms with Gasteiger partial charge in [-0.15, -0.1) is 0 Å². The number of rotatable bonds is 8. The third-order valence-electron chi connectivity index (χ3n) is 5.23. The lowest BCUT2D eigenvalue weighted by Gasteiger charge is -2.08. The Kier molecular flexibility index (Phi) is 7.14. The summed E-state index contributed by atoms with van der Waals surface area (Å²) in [7, 11) is 0. The Morgan fingerprint density at radius 2 is 1.17 bits per heavy atom. The van der Waals surface area contributed by atoms with Crippen LogP contribution in [0.15, 0.2) is 60.7 Å². The van der Waals surface area contributed by atoms with E-state index in [0.29, 0.717) is 11.1 Å². The highest BCUT2D eigenvalue weighted by Crippen LogP contribution is 2.27. The molecule has 148 valence electrons. The van der Waals surface area contributed by atoms with Crippen molar-refractivity contribution in [2.45, 2.75) is 45.4 Å². The summed E-state index contributed by atoms with van der Waals surface area (Å²) in [6.45, 7) is 2.23. The monoisotopic (exact) mass is 389 g/mol. The zero-order valence-electron chi connectivity index (χ0n) is 16.7. The van der Waals surface area contributed by atoms with Crippen LogP contribution >= 0.6 is 0 Å². The van der Waals surface area contributed by atoms with Gasteiger partial charge in [0, 0.05) is 0 Å². The lowest BCUT2D eigenvalue weighted by molar-refractivity contribution is 0.577. The number of unbranched alkanes of at least 4 members (excludes halogenated alkanes) is 4. The Labute approximate surface area is 171 Å². The van der Waals surface area contributed by atoms with Gasteiger partial charge in [0.05, 0.1) is 0 Å². The summed E-state index contributed by atoms with van der Waals surface area (Å²) in [6, 6.07) is 20.1. The summed E-state index contributed by atoms with van der Waals surface area (Å²) < 4.78 is 27.7. The van der Waals surface area contributed by atoms with Gasteiger partial charge in [-0.25, -0.2) is 8.78 Å². The molecule has 29 heavy (non-hydrogen) atoms. The summed E-state index contributed by atoms with van der Waals surface area (Å²) in [5.41, 5.74) is 4.10. The number of hydrogen-bond acceptors (Lipinski definition) is 1. The van der Waals surface area contributed by atoms with Crippen LogP contribution in [0.3, 0.4) is 0 Å². The predicted molar refractivity (Wildman–Crippen MR) is 114 cm³/mol. The fraction of sp³-hybridized carbons (Fsp3) is 0.269. The first-order chi connectivity index (χ1) is 14.1. The smallest absolute Gasteiger partial charge is 0.144 e. The number of hydrogen-bond donors (Lipinski definition) is 0. The molecule has 0 atom stereocenters. The topological polar surface area (TPSA) is 23.8 Å². The van der Waals surface area contributed by atoms with E-state index in [-0.39, 0.29) is 0 Å². The Hall–Kier alpha value is -2.99. The Balaban J connectivity index is 1.68. The van der Waals surface area contributed by atoms with Crippen molar-refractivity contribution in [3.63, 3.8) is 0 Å². The molecule has 0 bridgehead atoms. The van der Waals surface area contributed by atoms with Crippen molar-refractivity contribution in [2.24, 2.45) is 0 Å². The maximum Gasteiger partial charge on any atom is 0.144 e. The maximum atomic E-state index is 13.9. The van der Waals surface area contributed by atoms with Crippen LogP contribution in [0.25, 0.3) is 22.3 Å². The van der Waals surface area contributed by atoms with Gasteiger partial charge in [-0.3, -0.25) is 0 Å².